The minimum absolute atomic E-state index is 0.114. The molecule has 2 aliphatic rings. The zero-order chi connectivity index (χ0) is 15.0. The Morgan fingerprint density at radius 2 is 1.95 bits per heavy atom. The van der Waals surface area contributed by atoms with E-state index in [0.717, 1.165) is 22.7 Å². The molecule has 21 heavy (non-hydrogen) atoms. The summed E-state index contributed by atoms with van der Waals surface area (Å²) in [6.45, 7) is 1.88. The van der Waals surface area contributed by atoms with Crippen LogP contribution in [0.4, 0.5) is 4.79 Å². The molecule has 1 aromatic carbocycles. The summed E-state index contributed by atoms with van der Waals surface area (Å²) in [7, 11) is -3.88. The van der Waals surface area contributed by atoms with E-state index in [1.807, 2.05) is 13.0 Å². The number of allylic oxidation sites excluding steroid dienone is 1. The zero-order valence-electron chi connectivity index (χ0n) is 11.7. The Hall–Kier alpha value is -1.82. The molecule has 1 fully saturated rings. The first-order chi connectivity index (χ1) is 10.00. The summed E-state index contributed by atoms with van der Waals surface area (Å²) in [6.07, 6.45) is 4.99. The third-order valence-corrected chi connectivity index (χ3v) is 5.63. The second-order valence-electron chi connectivity index (χ2n) is 5.39. The first-order valence-electron chi connectivity index (χ1n) is 6.98. The second kappa shape index (κ2) is 5.18. The van der Waals surface area contributed by atoms with E-state index in [0.29, 0.717) is 6.42 Å². The number of amides is 1. The highest BCUT2D eigenvalue weighted by atomic mass is 32.2. The number of ether oxygens (including phenoxy) is 1. The van der Waals surface area contributed by atoms with Gasteiger partial charge in [-0.15, -0.1) is 0 Å². The quantitative estimate of drug-likeness (QED) is 0.788. The van der Waals surface area contributed by atoms with Gasteiger partial charge in [0.2, 0.25) is 0 Å². The van der Waals surface area contributed by atoms with Crippen molar-refractivity contribution in [3.8, 4) is 0 Å². The first-order valence-corrected chi connectivity index (χ1v) is 8.42. The number of benzene rings is 1. The highest BCUT2D eigenvalue weighted by Gasteiger charge is 2.47. The third-order valence-electron chi connectivity index (χ3n) is 3.85. The van der Waals surface area contributed by atoms with Gasteiger partial charge >= 0.3 is 6.09 Å². The minimum atomic E-state index is -3.88. The fourth-order valence-electron chi connectivity index (χ4n) is 2.71. The SMILES string of the molecule is Cc1ccc(S(=O)(=O)N2C(=O)O[C@@H]3CCCC=C[C@@H]32)cc1. The van der Waals surface area contributed by atoms with Gasteiger partial charge in [-0.05, 0) is 38.3 Å². The molecule has 112 valence electrons. The van der Waals surface area contributed by atoms with E-state index < -0.39 is 22.2 Å². The maximum Gasteiger partial charge on any atom is 0.424 e. The molecule has 3 rings (SSSR count). The number of aryl methyl sites for hydroxylation is 1. The molecule has 5 nitrogen and oxygen atoms in total. The van der Waals surface area contributed by atoms with Crippen LogP contribution in [0.25, 0.3) is 0 Å². The molecule has 0 unspecified atom stereocenters. The maximum absolute atomic E-state index is 12.7. The van der Waals surface area contributed by atoms with Crippen molar-refractivity contribution in [3.05, 3.63) is 42.0 Å². The van der Waals surface area contributed by atoms with Gasteiger partial charge in [-0.3, -0.25) is 0 Å². The van der Waals surface area contributed by atoms with Crippen LogP contribution >= 0.6 is 0 Å². The lowest BCUT2D eigenvalue weighted by molar-refractivity contribution is 0.129. The number of rotatable bonds is 2. The summed E-state index contributed by atoms with van der Waals surface area (Å²) >= 11 is 0. The second-order valence-corrected chi connectivity index (χ2v) is 7.20. The Kier molecular flexibility index (Phi) is 3.49. The zero-order valence-corrected chi connectivity index (χ0v) is 12.5. The summed E-state index contributed by atoms with van der Waals surface area (Å²) < 4.78 is 31.6. The molecule has 1 saturated heterocycles. The number of sulfonamides is 1. The fraction of sp³-hybridized carbons (Fsp3) is 0.400. The molecule has 1 aromatic rings. The van der Waals surface area contributed by atoms with Crippen molar-refractivity contribution in [3.63, 3.8) is 0 Å². The van der Waals surface area contributed by atoms with Crippen LogP contribution in [0.1, 0.15) is 24.8 Å². The molecule has 0 saturated carbocycles. The van der Waals surface area contributed by atoms with Crippen molar-refractivity contribution in [1.29, 1.82) is 0 Å². The molecule has 0 N–H and O–H groups in total. The predicted molar refractivity (Wildman–Crippen MR) is 77.3 cm³/mol. The predicted octanol–water partition coefficient (Wildman–Crippen LogP) is 2.61. The highest BCUT2D eigenvalue weighted by Crippen LogP contribution is 2.32. The lowest BCUT2D eigenvalue weighted by atomic mass is 10.1. The Morgan fingerprint density at radius 1 is 1.24 bits per heavy atom. The Morgan fingerprint density at radius 3 is 2.67 bits per heavy atom. The molecule has 0 spiro atoms. The normalized spacial score (nSPS) is 25.4. The summed E-state index contributed by atoms with van der Waals surface area (Å²) in [5, 5.41) is 0. The van der Waals surface area contributed by atoms with Crippen molar-refractivity contribution in [2.45, 2.75) is 43.2 Å². The topological polar surface area (TPSA) is 63.7 Å². The van der Waals surface area contributed by atoms with Crippen LogP contribution in [0.2, 0.25) is 0 Å². The van der Waals surface area contributed by atoms with E-state index in [9.17, 15) is 13.2 Å². The number of carbonyl (C=O) groups excluding carboxylic acids is 1. The van der Waals surface area contributed by atoms with E-state index in [2.05, 4.69) is 0 Å². The molecule has 1 amide bonds. The number of hydrogen-bond donors (Lipinski definition) is 0. The van der Waals surface area contributed by atoms with Gasteiger partial charge in [0.05, 0.1) is 4.90 Å². The Bertz CT molecular complexity index is 678. The maximum atomic E-state index is 12.7. The van der Waals surface area contributed by atoms with Gasteiger partial charge in [-0.2, -0.15) is 4.31 Å². The lowest BCUT2D eigenvalue weighted by Crippen LogP contribution is -2.39. The molecule has 2 atom stereocenters. The van der Waals surface area contributed by atoms with Crippen LogP contribution in [0.5, 0.6) is 0 Å². The number of nitrogens with zero attached hydrogens (tertiary/aromatic N) is 1. The summed E-state index contributed by atoms with van der Waals surface area (Å²) in [5.74, 6) is 0. The van der Waals surface area contributed by atoms with E-state index in [4.69, 9.17) is 4.74 Å². The van der Waals surface area contributed by atoms with Crippen LogP contribution in [0, 0.1) is 6.92 Å². The van der Waals surface area contributed by atoms with E-state index in [1.54, 1.807) is 18.2 Å². The van der Waals surface area contributed by atoms with Crippen molar-refractivity contribution in [1.82, 2.24) is 4.31 Å². The average molecular weight is 307 g/mol. The van der Waals surface area contributed by atoms with Crippen LogP contribution in [0.3, 0.4) is 0 Å². The Balaban J connectivity index is 2.01. The van der Waals surface area contributed by atoms with Crippen molar-refractivity contribution < 1.29 is 17.9 Å². The first kappa shape index (κ1) is 14.1. The minimum Gasteiger partial charge on any atom is -0.443 e. The van der Waals surface area contributed by atoms with Gasteiger partial charge in [0, 0.05) is 0 Å². The van der Waals surface area contributed by atoms with Crippen LogP contribution in [-0.4, -0.2) is 31.0 Å². The molecule has 1 aliphatic carbocycles. The van der Waals surface area contributed by atoms with Gasteiger partial charge < -0.3 is 4.74 Å². The van der Waals surface area contributed by atoms with Crippen molar-refractivity contribution in [2.75, 3.05) is 0 Å². The van der Waals surface area contributed by atoms with Gasteiger partial charge in [0.1, 0.15) is 12.1 Å². The van der Waals surface area contributed by atoms with Gasteiger partial charge in [0.15, 0.2) is 0 Å². The van der Waals surface area contributed by atoms with E-state index in [1.165, 1.54) is 12.1 Å². The third kappa shape index (κ3) is 2.44. The number of fused-ring (bicyclic) bond motifs is 1. The Labute approximate surface area is 124 Å². The number of hydrogen-bond acceptors (Lipinski definition) is 4. The molecule has 0 bridgehead atoms. The molecule has 1 heterocycles. The summed E-state index contributed by atoms with van der Waals surface area (Å²) in [5.41, 5.74) is 0.963. The largest absolute Gasteiger partial charge is 0.443 e. The van der Waals surface area contributed by atoms with Crippen LogP contribution < -0.4 is 0 Å². The molecule has 1 aliphatic heterocycles. The molecule has 6 heteroatoms. The molecule has 0 aromatic heterocycles. The van der Waals surface area contributed by atoms with Gasteiger partial charge in [0.25, 0.3) is 10.0 Å². The van der Waals surface area contributed by atoms with Gasteiger partial charge in [-0.1, -0.05) is 29.8 Å². The molecular weight excluding hydrogens is 290 g/mol. The van der Waals surface area contributed by atoms with E-state index >= 15 is 0 Å². The monoisotopic (exact) mass is 307 g/mol. The molecular formula is C15H17NO4S. The lowest BCUT2D eigenvalue weighted by Gasteiger charge is -2.20. The molecule has 0 radical (unpaired) electrons. The smallest absolute Gasteiger partial charge is 0.424 e. The van der Waals surface area contributed by atoms with Crippen molar-refractivity contribution >= 4 is 16.1 Å². The van der Waals surface area contributed by atoms with E-state index in [-0.39, 0.29) is 11.0 Å². The van der Waals surface area contributed by atoms with Crippen molar-refractivity contribution in [2.24, 2.45) is 0 Å². The van der Waals surface area contributed by atoms with Crippen LogP contribution in [0.15, 0.2) is 41.3 Å². The summed E-state index contributed by atoms with van der Waals surface area (Å²) in [6, 6.07) is 5.94. The van der Waals surface area contributed by atoms with Crippen LogP contribution in [-0.2, 0) is 14.8 Å². The fourth-order valence-corrected chi connectivity index (χ4v) is 4.18. The van der Waals surface area contributed by atoms with Gasteiger partial charge in [-0.25, -0.2) is 13.2 Å². The summed E-state index contributed by atoms with van der Waals surface area (Å²) in [4.78, 5) is 12.1. The standard InChI is InChI=1S/C15H17NO4S/c1-11-7-9-12(10-8-11)21(18,19)16-13-5-3-2-4-6-14(13)20-15(16)17/h3,5,7-10,13-14H,2,4,6H2,1H3/t13-,14+/m0/s1. The average Bonchev–Trinajstić information content (AvgIpc) is 2.60. The highest BCUT2D eigenvalue weighted by molar-refractivity contribution is 7.89. The number of carbonyl (C=O) groups is 1.